The number of carbonyl (C=O) groups excluding carboxylic acids is 2. The Morgan fingerprint density at radius 1 is 1.09 bits per heavy atom. The third-order valence-corrected chi connectivity index (χ3v) is 5.91. The van der Waals surface area contributed by atoms with E-state index >= 15 is 0 Å². The number of anilines is 1. The number of ether oxygens (including phenoxy) is 1. The minimum Gasteiger partial charge on any atom is -0.481 e. The summed E-state index contributed by atoms with van der Waals surface area (Å²) >= 11 is 1.08. The van der Waals surface area contributed by atoms with Gasteiger partial charge in [0.05, 0.1) is 6.42 Å². The number of benzene rings is 2. The SMILES string of the molecule is C[C@@H](CC(=O)O)NC(=O)c1csc(NC(=O)OCC2c3ccccc3-c3ccccc32)n1. The standard InChI is InChI=1S/C23H21N3O5S/c1-13(10-20(27)28)24-21(29)19-12-32-22(25-19)26-23(30)31-11-18-16-8-4-2-6-14(16)15-7-3-5-9-17(15)18/h2-9,12-13,18H,10-11H2,1H3,(H,24,29)(H,27,28)(H,25,26,30)/t13-/m0/s1. The van der Waals surface area contributed by atoms with E-state index in [1.54, 1.807) is 6.92 Å². The molecule has 0 unspecified atom stereocenters. The molecule has 0 aliphatic heterocycles. The van der Waals surface area contributed by atoms with Crippen LogP contribution >= 0.6 is 11.3 Å². The number of thiazole rings is 1. The number of hydrogen-bond acceptors (Lipinski definition) is 6. The summed E-state index contributed by atoms with van der Waals surface area (Å²) in [7, 11) is 0. The number of aliphatic carboxylic acids is 1. The Labute approximate surface area is 188 Å². The summed E-state index contributed by atoms with van der Waals surface area (Å²) in [6, 6.07) is 15.6. The van der Waals surface area contributed by atoms with Crippen molar-refractivity contribution >= 4 is 34.4 Å². The number of amides is 2. The molecule has 1 aliphatic rings. The Kier molecular flexibility index (Phi) is 6.18. The molecule has 0 spiro atoms. The van der Waals surface area contributed by atoms with E-state index in [0.717, 1.165) is 33.6 Å². The van der Waals surface area contributed by atoms with Crippen LogP contribution in [0, 0.1) is 0 Å². The van der Waals surface area contributed by atoms with Crippen LogP contribution in [0.15, 0.2) is 53.9 Å². The van der Waals surface area contributed by atoms with Crippen molar-refractivity contribution in [3.63, 3.8) is 0 Å². The zero-order valence-electron chi connectivity index (χ0n) is 17.2. The summed E-state index contributed by atoms with van der Waals surface area (Å²) in [5, 5.41) is 15.6. The van der Waals surface area contributed by atoms with E-state index in [1.807, 2.05) is 36.4 Å². The second kappa shape index (κ2) is 9.19. The maximum absolute atomic E-state index is 12.3. The number of carboxylic acids is 1. The zero-order chi connectivity index (χ0) is 22.7. The molecule has 0 bridgehead atoms. The molecule has 2 amide bonds. The molecule has 1 atom stereocenters. The first-order valence-electron chi connectivity index (χ1n) is 10.0. The van der Waals surface area contributed by atoms with Gasteiger partial charge in [0.25, 0.3) is 5.91 Å². The molecule has 0 saturated heterocycles. The van der Waals surface area contributed by atoms with Crippen LogP contribution in [0.25, 0.3) is 11.1 Å². The highest BCUT2D eigenvalue weighted by atomic mass is 32.1. The number of rotatable bonds is 7. The summed E-state index contributed by atoms with van der Waals surface area (Å²) in [5.41, 5.74) is 4.62. The van der Waals surface area contributed by atoms with Gasteiger partial charge in [-0.3, -0.25) is 14.9 Å². The quantitative estimate of drug-likeness (QED) is 0.498. The van der Waals surface area contributed by atoms with Crippen molar-refractivity contribution in [3.05, 3.63) is 70.7 Å². The molecular formula is C23H21N3O5S. The van der Waals surface area contributed by atoms with E-state index in [1.165, 1.54) is 5.38 Å². The average molecular weight is 452 g/mol. The first kappa shape index (κ1) is 21.5. The number of nitrogens with one attached hydrogen (secondary N) is 2. The maximum Gasteiger partial charge on any atom is 0.413 e. The smallest absolute Gasteiger partial charge is 0.413 e. The van der Waals surface area contributed by atoms with E-state index in [-0.39, 0.29) is 29.8 Å². The van der Waals surface area contributed by atoms with Gasteiger partial charge in [-0.25, -0.2) is 9.78 Å². The number of carboxylic acid groups (broad SMARTS) is 1. The predicted octanol–water partition coefficient (Wildman–Crippen LogP) is 4.10. The summed E-state index contributed by atoms with van der Waals surface area (Å²) < 4.78 is 5.47. The Hall–Kier alpha value is -3.72. The fraction of sp³-hybridized carbons (Fsp3) is 0.217. The average Bonchev–Trinajstić information content (AvgIpc) is 3.34. The van der Waals surface area contributed by atoms with Crippen molar-refractivity contribution in [2.75, 3.05) is 11.9 Å². The van der Waals surface area contributed by atoms with Crippen LogP contribution in [0.5, 0.6) is 0 Å². The van der Waals surface area contributed by atoms with Crippen molar-refractivity contribution in [3.8, 4) is 11.1 Å². The second-order valence-electron chi connectivity index (χ2n) is 7.46. The van der Waals surface area contributed by atoms with Crippen LogP contribution in [-0.4, -0.2) is 40.7 Å². The van der Waals surface area contributed by atoms with Gasteiger partial charge in [0.2, 0.25) is 0 Å². The predicted molar refractivity (Wildman–Crippen MR) is 120 cm³/mol. The highest BCUT2D eigenvalue weighted by Gasteiger charge is 2.29. The number of nitrogens with zero attached hydrogens (tertiary/aromatic N) is 1. The molecule has 4 rings (SSSR count). The molecule has 1 heterocycles. The lowest BCUT2D eigenvalue weighted by molar-refractivity contribution is -0.137. The summed E-state index contributed by atoms with van der Waals surface area (Å²) in [4.78, 5) is 39.3. The second-order valence-corrected chi connectivity index (χ2v) is 8.32. The van der Waals surface area contributed by atoms with E-state index in [0.29, 0.717) is 0 Å². The van der Waals surface area contributed by atoms with Crippen molar-refractivity contribution in [2.24, 2.45) is 0 Å². The van der Waals surface area contributed by atoms with Gasteiger partial charge < -0.3 is 15.2 Å². The van der Waals surface area contributed by atoms with E-state index in [9.17, 15) is 14.4 Å². The van der Waals surface area contributed by atoms with Crippen molar-refractivity contribution in [1.82, 2.24) is 10.3 Å². The molecule has 9 heteroatoms. The van der Waals surface area contributed by atoms with E-state index in [2.05, 4.69) is 27.8 Å². The van der Waals surface area contributed by atoms with Gasteiger partial charge in [-0.05, 0) is 29.2 Å². The van der Waals surface area contributed by atoms with Crippen LogP contribution in [0.4, 0.5) is 9.93 Å². The number of hydrogen-bond donors (Lipinski definition) is 3. The van der Waals surface area contributed by atoms with Crippen LogP contribution in [0.3, 0.4) is 0 Å². The van der Waals surface area contributed by atoms with Gasteiger partial charge in [0, 0.05) is 17.3 Å². The molecule has 32 heavy (non-hydrogen) atoms. The lowest BCUT2D eigenvalue weighted by atomic mass is 9.98. The third-order valence-electron chi connectivity index (χ3n) is 5.15. The highest BCUT2D eigenvalue weighted by Crippen LogP contribution is 2.44. The fourth-order valence-corrected chi connectivity index (χ4v) is 4.44. The number of fused-ring (bicyclic) bond motifs is 3. The van der Waals surface area contributed by atoms with Crippen LogP contribution < -0.4 is 10.6 Å². The Morgan fingerprint density at radius 2 is 1.72 bits per heavy atom. The molecule has 0 radical (unpaired) electrons. The lowest BCUT2D eigenvalue weighted by Gasteiger charge is -2.14. The third kappa shape index (κ3) is 4.62. The van der Waals surface area contributed by atoms with Gasteiger partial charge >= 0.3 is 12.1 Å². The molecule has 0 saturated carbocycles. The molecule has 2 aromatic carbocycles. The minimum absolute atomic E-state index is 0.0542. The fourth-order valence-electron chi connectivity index (χ4n) is 3.77. The molecule has 1 aliphatic carbocycles. The lowest BCUT2D eigenvalue weighted by Crippen LogP contribution is -2.34. The number of carbonyl (C=O) groups is 3. The van der Waals surface area contributed by atoms with Crippen molar-refractivity contribution < 1.29 is 24.2 Å². The Morgan fingerprint density at radius 3 is 2.34 bits per heavy atom. The van der Waals surface area contributed by atoms with E-state index < -0.39 is 24.0 Å². The minimum atomic E-state index is -1.01. The largest absolute Gasteiger partial charge is 0.481 e. The van der Waals surface area contributed by atoms with Crippen LogP contribution in [-0.2, 0) is 9.53 Å². The van der Waals surface area contributed by atoms with Crippen molar-refractivity contribution in [1.29, 1.82) is 0 Å². The van der Waals surface area contributed by atoms with Gasteiger partial charge in [-0.1, -0.05) is 48.5 Å². The van der Waals surface area contributed by atoms with Crippen LogP contribution in [0.2, 0.25) is 0 Å². The molecule has 164 valence electrons. The van der Waals surface area contributed by atoms with Gasteiger partial charge in [-0.2, -0.15) is 0 Å². The first-order chi connectivity index (χ1) is 15.4. The number of aromatic nitrogens is 1. The summed E-state index contributed by atoms with van der Waals surface area (Å²) in [6.07, 6.45) is -0.854. The van der Waals surface area contributed by atoms with Crippen LogP contribution in [0.1, 0.15) is 40.9 Å². The molecule has 1 aromatic heterocycles. The summed E-state index contributed by atoms with van der Waals surface area (Å²) in [6.45, 7) is 1.76. The maximum atomic E-state index is 12.3. The summed E-state index contributed by atoms with van der Waals surface area (Å²) in [5.74, 6) is -1.56. The van der Waals surface area contributed by atoms with E-state index in [4.69, 9.17) is 9.84 Å². The Bertz CT molecular complexity index is 1130. The normalized spacial score (nSPS) is 13.0. The molecule has 3 N–H and O–H groups in total. The monoisotopic (exact) mass is 451 g/mol. The molecule has 8 nitrogen and oxygen atoms in total. The van der Waals surface area contributed by atoms with Gasteiger partial charge in [-0.15, -0.1) is 11.3 Å². The topological polar surface area (TPSA) is 118 Å². The molecular weight excluding hydrogens is 430 g/mol. The molecule has 0 fully saturated rings. The molecule has 3 aromatic rings. The van der Waals surface area contributed by atoms with Gasteiger partial charge in [0.15, 0.2) is 5.13 Å². The Balaban J connectivity index is 1.35. The zero-order valence-corrected chi connectivity index (χ0v) is 18.0. The van der Waals surface area contributed by atoms with Crippen molar-refractivity contribution in [2.45, 2.75) is 25.3 Å². The first-order valence-corrected chi connectivity index (χ1v) is 10.9. The van der Waals surface area contributed by atoms with Gasteiger partial charge in [0.1, 0.15) is 12.3 Å². The highest BCUT2D eigenvalue weighted by molar-refractivity contribution is 7.14.